The number of pyridine rings is 2. The van der Waals surface area contributed by atoms with Crippen molar-refractivity contribution in [3.8, 4) is 0 Å². The summed E-state index contributed by atoms with van der Waals surface area (Å²) in [5, 5.41) is 8.34. The molecule has 7 heteroatoms. The van der Waals surface area contributed by atoms with Gasteiger partial charge in [-0.1, -0.05) is 6.07 Å². The second-order valence-corrected chi connectivity index (χ2v) is 7.99. The molecule has 0 radical (unpaired) electrons. The molecule has 0 spiro atoms. The van der Waals surface area contributed by atoms with Crippen LogP contribution in [0, 0.1) is 0 Å². The number of fused-ring (bicyclic) bond motifs is 2. The van der Waals surface area contributed by atoms with Crippen LogP contribution in [0.5, 0.6) is 0 Å². The maximum absolute atomic E-state index is 13.0. The Kier molecular flexibility index (Phi) is 4.30. The molecule has 0 atom stereocenters. The van der Waals surface area contributed by atoms with Gasteiger partial charge in [-0.3, -0.25) is 4.79 Å². The van der Waals surface area contributed by atoms with Crippen LogP contribution >= 0.6 is 0 Å². The minimum absolute atomic E-state index is 0.0774. The van der Waals surface area contributed by atoms with Crippen LogP contribution in [-0.4, -0.2) is 36.6 Å². The van der Waals surface area contributed by atoms with Gasteiger partial charge in [0.25, 0.3) is 5.91 Å². The Bertz CT molecular complexity index is 1170. The first-order valence-electron chi connectivity index (χ1n) is 10.2. The van der Waals surface area contributed by atoms with Crippen molar-refractivity contribution in [1.29, 1.82) is 0 Å². The van der Waals surface area contributed by atoms with Crippen LogP contribution in [0.3, 0.4) is 0 Å². The van der Waals surface area contributed by atoms with E-state index in [1.807, 2.05) is 45.7 Å². The van der Waals surface area contributed by atoms with Crippen molar-refractivity contribution < 1.29 is 4.79 Å². The molecule has 1 fully saturated rings. The van der Waals surface area contributed by atoms with E-state index in [2.05, 4.69) is 29.2 Å². The Hall–Kier alpha value is -3.22. The van der Waals surface area contributed by atoms with E-state index in [1.165, 1.54) is 0 Å². The average molecular weight is 388 g/mol. The van der Waals surface area contributed by atoms with E-state index in [4.69, 9.17) is 4.98 Å². The Balaban J connectivity index is 1.37. The lowest BCUT2D eigenvalue weighted by atomic mass is 10.1. The fourth-order valence-corrected chi connectivity index (χ4v) is 3.70. The second-order valence-electron chi connectivity index (χ2n) is 7.99. The normalized spacial score (nSPS) is 14.2. The molecule has 1 saturated carbocycles. The first-order valence-corrected chi connectivity index (χ1v) is 10.2. The first-order chi connectivity index (χ1) is 14.1. The lowest BCUT2D eigenvalue weighted by molar-refractivity contribution is 0.0955. The van der Waals surface area contributed by atoms with Crippen molar-refractivity contribution >= 4 is 22.6 Å². The van der Waals surface area contributed by atoms with Crippen molar-refractivity contribution in [1.82, 2.24) is 29.5 Å². The molecule has 1 aliphatic carbocycles. The summed E-state index contributed by atoms with van der Waals surface area (Å²) in [7, 11) is 0. The molecule has 1 N–H and O–H groups in total. The van der Waals surface area contributed by atoms with Crippen molar-refractivity contribution in [2.45, 2.75) is 45.1 Å². The molecule has 4 aromatic rings. The molecule has 0 bridgehead atoms. The summed E-state index contributed by atoms with van der Waals surface area (Å²) in [5.41, 5.74) is 4.35. The number of carbonyl (C=O) groups is 1. The van der Waals surface area contributed by atoms with E-state index in [0.717, 1.165) is 40.9 Å². The molecule has 4 aromatic heterocycles. The molecule has 148 valence electrons. The van der Waals surface area contributed by atoms with Gasteiger partial charge in [0.05, 0.1) is 22.8 Å². The molecular formula is C22H24N6O. The van der Waals surface area contributed by atoms with E-state index in [-0.39, 0.29) is 11.9 Å². The van der Waals surface area contributed by atoms with E-state index < -0.39 is 0 Å². The van der Waals surface area contributed by atoms with Crippen LogP contribution in [-0.2, 0) is 6.42 Å². The van der Waals surface area contributed by atoms with E-state index >= 15 is 0 Å². The van der Waals surface area contributed by atoms with E-state index in [0.29, 0.717) is 24.4 Å². The summed E-state index contributed by atoms with van der Waals surface area (Å²) in [5.74, 6) is 0.394. The average Bonchev–Trinajstić information content (AvgIpc) is 3.33. The van der Waals surface area contributed by atoms with Crippen molar-refractivity contribution in [2.24, 2.45) is 0 Å². The monoisotopic (exact) mass is 388 g/mol. The minimum Gasteiger partial charge on any atom is -0.352 e. The highest BCUT2D eigenvalue weighted by Crippen LogP contribution is 2.40. The van der Waals surface area contributed by atoms with Crippen LogP contribution in [0.1, 0.15) is 60.4 Å². The summed E-state index contributed by atoms with van der Waals surface area (Å²) in [4.78, 5) is 22.4. The Morgan fingerprint density at radius 2 is 2.14 bits per heavy atom. The second kappa shape index (κ2) is 6.99. The molecule has 5 rings (SSSR count). The molecule has 0 aromatic carbocycles. The van der Waals surface area contributed by atoms with Gasteiger partial charge in [-0.2, -0.15) is 5.10 Å². The molecule has 0 unspecified atom stereocenters. The number of carbonyl (C=O) groups excluding carboxylic acids is 1. The van der Waals surface area contributed by atoms with Gasteiger partial charge < -0.3 is 9.72 Å². The third-order valence-corrected chi connectivity index (χ3v) is 5.40. The summed E-state index contributed by atoms with van der Waals surface area (Å²) in [6.07, 6.45) is 8.71. The van der Waals surface area contributed by atoms with Gasteiger partial charge in [0.2, 0.25) is 0 Å². The van der Waals surface area contributed by atoms with Crippen molar-refractivity contribution in [3.63, 3.8) is 0 Å². The highest BCUT2D eigenvalue weighted by atomic mass is 16.1. The molecule has 7 nitrogen and oxygen atoms in total. The number of amides is 1. The number of nitrogens with zero attached hydrogens (tertiary/aromatic N) is 5. The zero-order chi connectivity index (χ0) is 20.0. The summed E-state index contributed by atoms with van der Waals surface area (Å²) >= 11 is 0. The fraction of sp³-hybridized carbons (Fsp3) is 0.364. The van der Waals surface area contributed by atoms with Crippen LogP contribution in [0.2, 0.25) is 0 Å². The van der Waals surface area contributed by atoms with Crippen LogP contribution < -0.4 is 5.32 Å². The number of imidazole rings is 1. The predicted octanol–water partition coefficient (Wildman–Crippen LogP) is 3.51. The smallest absolute Gasteiger partial charge is 0.252 e. The molecule has 1 aliphatic rings. The fourth-order valence-electron chi connectivity index (χ4n) is 3.70. The molecule has 1 amide bonds. The SMILES string of the molecule is CC(C)n1ncc2c(C(=O)NCCc3cn4ccccc4n3)cc(C3CC3)nc21. The summed E-state index contributed by atoms with van der Waals surface area (Å²) < 4.78 is 3.89. The maximum atomic E-state index is 13.0. The van der Waals surface area contributed by atoms with Gasteiger partial charge in [-0.05, 0) is 44.9 Å². The topological polar surface area (TPSA) is 77.1 Å². The number of hydrogen-bond acceptors (Lipinski definition) is 4. The Morgan fingerprint density at radius 1 is 1.28 bits per heavy atom. The van der Waals surface area contributed by atoms with Gasteiger partial charge in [-0.25, -0.2) is 14.6 Å². The number of aromatic nitrogens is 5. The highest BCUT2D eigenvalue weighted by Gasteiger charge is 2.28. The largest absolute Gasteiger partial charge is 0.352 e. The summed E-state index contributed by atoms with van der Waals surface area (Å²) in [6.45, 7) is 4.68. The number of hydrogen-bond donors (Lipinski definition) is 1. The predicted molar refractivity (Wildman–Crippen MR) is 111 cm³/mol. The van der Waals surface area contributed by atoms with Crippen LogP contribution in [0.25, 0.3) is 16.7 Å². The zero-order valence-electron chi connectivity index (χ0n) is 16.7. The standard InChI is InChI=1S/C22H24N6O/c1-14(2)28-21-18(12-24-28)17(11-19(26-21)15-6-7-15)22(29)23-9-8-16-13-27-10-4-3-5-20(27)25-16/h3-5,10-15H,6-9H2,1-2H3,(H,23,29). The van der Waals surface area contributed by atoms with Crippen LogP contribution in [0.15, 0.2) is 42.9 Å². The zero-order valence-corrected chi connectivity index (χ0v) is 16.7. The van der Waals surface area contributed by atoms with Crippen LogP contribution in [0.4, 0.5) is 0 Å². The van der Waals surface area contributed by atoms with Gasteiger partial charge >= 0.3 is 0 Å². The lowest BCUT2D eigenvalue weighted by Crippen LogP contribution is -2.26. The molecular weight excluding hydrogens is 364 g/mol. The Labute approximate surface area is 168 Å². The Morgan fingerprint density at radius 3 is 2.90 bits per heavy atom. The first kappa shape index (κ1) is 17.8. The van der Waals surface area contributed by atoms with Gasteiger partial charge in [0, 0.05) is 43.0 Å². The molecule has 4 heterocycles. The molecule has 0 aliphatic heterocycles. The van der Waals surface area contributed by atoms with E-state index in [9.17, 15) is 4.79 Å². The van der Waals surface area contributed by atoms with Crippen molar-refractivity contribution in [3.05, 3.63) is 59.8 Å². The van der Waals surface area contributed by atoms with E-state index in [1.54, 1.807) is 6.20 Å². The molecule has 0 saturated heterocycles. The van der Waals surface area contributed by atoms with Gasteiger partial charge in [-0.15, -0.1) is 0 Å². The minimum atomic E-state index is -0.0774. The van der Waals surface area contributed by atoms with Gasteiger partial charge in [0.15, 0.2) is 5.65 Å². The van der Waals surface area contributed by atoms with Crippen molar-refractivity contribution in [2.75, 3.05) is 6.54 Å². The number of nitrogens with one attached hydrogen (secondary N) is 1. The third kappa shape index (κ3) is 3.37. The van der Waals surface area contributed by atoms with Gasteiger partial charge in [0.1, 0.15) is 5.65 Å². The highest BCUT2D eigenvalue weighted by molar-refractivity contribution is 6.05. The summed E-state index contributed by atoms with van der Waals surface area (Å²) in [6, 6.07) is 8.07. The number of rotatable bonds is 6. The molecule has 29 heavy (non-hydrogen) atoms. The maximum Gasteiger partial charge on any atom is 0.252 e. The quantitative estimate of drug-likeness (QED) is 0.548. The third-order valence-electron chi connectivity index (χ3n) is 5.40. The lowest BCUT2D eigenvalue weighted by Gasteiger charge is -2.10.